The number of alkyl halides is 2. The molecule has 1 aromatic rings. The van der Waals surface area contributed by atoms with Crippen molar-refractivity contribution in [3.63, 3.8) is 0 Å². The molecule has 4 nitrogen and oxygen atoms in total. The second kappa shape index (κ2) is 6.51. The Labute approximate surface area is 113 Å². The summed E-state index contributed by atoms with van der Waals surface area (Å²) in [4.78, 5) is -1.03. The van der Waals surface area contributed by atoms with Crippen LogP contribution in [0.15, 0.2) is 23.1 Å². The van der Waals surface area contributed by atoms with Gasteiger partial charge in [-0.05, 0) is 18.2 Å². The van der Waals surface area contributed by atoms with Gasteiger partial charge < -0.3 is 5.73 Å². The average Bonchev–Trinajstić information content (AvgIpc) is 2.30. The highest BCUT2D eigenvalue weighted by atomic mass is 35.5. The molecule has 1 aromatic carbocycles. The molecule has 19 heavy (non-hydrogen) atoms. The van der Waals surface area contributed by atoms with Crippen molar-refractivity contribution in [2.75, 3.05) is 13.1 Å². The topological polar surface area (TPSA) is 72.2 Å². The molecule has 0 unspecified atom stereocenters. The zero-order chi connectivity index (χ0) is 14.0. The zero-order valence-electron chi connectivity index (χ0n) is 9.37. The van der Waals surface area contributed by atoms with Crippen LogP contribution in [-0.4, -0.2) is 27.4 Å². The molecule has 0 fully saturated rings. The first-order chi connectivity index (χ1) is 8.18. The Bertz CT molecular complexity index is 539. The van der Waals surface area contributed by atoms with E-state index >= 15 is 0 Å². The molecule has 3 N–H and O–H groups in total. The quantitative estimate of drug-likeness (QED) is 0.802. The number of sulfonamides is 1. The maximum absolute atomic E-state index is 13.2. The lowest BCUT2D eigenvalue weighted by atomic mass is 10.3. The standard InChI is InChI=1S/C9H10F4N2O2S.ClH/c10-6-1-2-7(11)8(3-6)18(16,17)15-5-9(12,13)4-14;/h1-3,15H,4-5,14H2;1H. The molecule has 1 rings (SSSR count). The first-order valence-corrected chi connectivity index (χ1v) is 6.19. The highest BCUT2D eigenvalue weighted by molar-refractivity contribution is 7.89. The van der Waals surface area contributed by atoms with E-state index < -0.39 is 45.6 Å². The van der Waals surface area contributed by atoms with Crippen molar-refractivity contribution >= 4 is 22.4 Å². The van der Waals surface area contributed by atoms with Crippen LogP contribution in [0, 0.1) is 11.6 Å². The molecule has 0 aliphatic heterocycles. The Morgan fingerprint density at radius 3 is 2.37 bits per heavy atom. The van der Waals surface area contributed by atoms with Gasteiger partial charge in [0, 0.05) is 0 Å². The van der Waals surface area contributed by atoms with Crippen LogP contribution in [0.4, 0.5) is 17.6 Å². The summed E-state index contributed by atoms with van der Waals surface area (Å²) >= 11 is 0. The van der Waals surface area contributed by atoms with E-state index in [9.17, 15) is 26.0 Å². The van der Waals surface area contributed by atoms with Crippen LogP contribution >= 0.6 is 12.4 Å². The van der Waals surface area contributed by atoms with Gasteiger partial charge in [-0.3, -0.25) is 0 Å². The zero-order valence-corrected chi connectivity index (χ0v) is 11.0. The third kappa shape index (κ3) is 4.94. The summed E-state index contributed by atoms with van der Waals surface area (Å²) in [5.41, 5.74) is 4.71. The van der Waals surface area contributed by atoms with Crippen LogP contribution in [-0.2, 0) is 10.0 Å². The van der Waals surface area contributed by atoms with Gasteiger partial charge in [0.15, 0.2) is 0 Å². The van der Waals surface area contributed by atoms with E-state index in [1.807, 2.05) is 0 Å². The van der Waals surface area contributed by atoms with E-state index in [0.717, 1.165) is 0 Å². The second-order valence-corrected chi connectivity index (χ2v) is 5.19. The van der Waals surface area contributed by atoms with E-state index in [-0.39, 0.29) is 12.4 Å². The second-order valence-electron chi connectivity index (χ2n) is 3.46. The predicted molar refractivity (Wildman–Crippen MR) is 62.8 cm³/mol. The number of nitrogens with two attached hydrogens (primary N) is 1. The van der Waals surface area contributed by atoms with Gasteiger partial charge >= 0.3 is 0 Å². The molecule has 0 bridgehead atoms. The summed E-state index contributed by atoms with van der Waals surface area (Å²) in [5.74, 6) is -5.70. The summed E-state index contributed by atoms with van der Waals surface area (Å²) in [7, 11) is -4.56. The summed E-state index contributed by atoms with van der Waals surface area (Å²) in [6.07, 6.45) is 0. The predicted octanol–water partition coefficient (Wildman–Crippen LogP) is 1.26. The first kappa shape index (κ1) is 18.1. The monoisotopic (exact) mass is 322 g/mol. The molecule has 0 saturated heterocycles. The lowest BCUT2D eigenvalue weighted by Gasteiger charge is -2.15. The van der Waals surface area contributed by atoms with Crippen LogP contribution < -0.4 is 10.5 Å². The number of hydrogen-bond acceptors (Lipinski definition) is 3. The van der Waals surface area contributed by atoms with Crippen molar-refractivity contribution in [1.82, 2.24) is 4.72 Å². The third-order valence-electron chi connectivity index (χ3n) is 2.00. The van der Waals surface area contributed by atoms with Crippen molar-refractivity contribution in [2.24, 2.45) is 5.73 Å². The molecule has 0 saturated carbocycles. The molecule has 0 radical (unpaired) electrons. The minimum absolute atomic E-state index is 0. The first-order valence-electron chi connectivity index (χ1n) is 4.70. The van der Waals surface area contributed by atoms with Gasteiger partial charge in [0.25, 0.3) is 5.92 Å². The van der Waals surface area contributed by atoms with E-state index in [4.69, 9.17) is 5.73 Å². The molecular formula is C9H11ClF4N2O2S. The summed E-state index contributed by atoms with van der Waals surface area (Å²) in [6.45, 7) is -2.36. The van der Waals surface area contributed by atoms with Gasteiger partial charge in [-0.25, -0.2) is 30.7 Å². The van der Waals surface area contributed by atoms with Gasteiger partial charge in [-0.2, -0.15) is 0 Å². The molecule has 0 atom stereocenters. The molecule has 0 spiro atoms. The van der Waals surface area contributed by atoms with Crippen LogP contribution in [0.1, 0.15) is 0 Å². The molecule has 0 heterocycles. The lowest BCUT2D eigenvalue weighted by molar-refractivity contribution is 0.0170. The van der Waals surface area contributed by atoms with Gasteiger partial charge in [0.2, 0.25) is 10.0 Å². The Balaban J connectivity index is 0.00000324. The van der Waals surface area contributed by atoms with Crippen molar-refractivity contribution < 1.29 is 26.0 Å². The molecule has 0 aliphatic carbocycles. The minimum Gasteiger partial charge on any atom is -0.325 e. The smallest absolute Gasteiger partial charge is 0.273 e. The normalized spacial score (nSPS) is 12.1. The maximum atomic E-state index is 13.2. The fourth-order valence-electron chi connectivity index (χ4n) is 1.03. The largest absolute Gasteiger partial charge is 0.325 e. The molecular weight excluding hydrogens is 312 g/mol. The van der Waals surface area contributed by atoms with Crippen molar-refractivity contribution in [1.29, 1.82) is 0 Å². The van der Waals surface area contributed by atoms with Gasteiger partial charge in [-0.15, -0.1) is 12.4 Å². The van der Waals surface area contributed by atoms with E-state index in [2.05, 4.69) is 0 Å². The van der Waals surface area contributed by atoms with E-state index in [1.165, 1.54) is 4.72 Å². The average molecular weight is 323 g/mol. The SMILES string of the molecule is Cl.NCC(F)(F)CNS(=O)(=O)c1cc(F)ccc1F. The molecule has 0 aromatic heterocycles. The molecule has 0 aliphatic rings. The summed E-state index contributed by atoms with van der Waals surface area (Å²) in [5, 5.41) is 0. The number of hydrogen-bond donors (Lipinski definition) is 2. The fourth-order valence-corrected chi connectivity index (χ4v) is 2.18. The fraction of sp³-hybridized carbons (Fsp3) is 0.333. The Morgan fingerprint density at radius 2 is 1.84 bits per heavy atom. The van der Waals surface area contributed by atoms with Crippen molar-refractivity contribution in [3.8, 4) is 0 Å². The highest BCUT2D eigenvalue weighted by Crippen LogP contribution is 2.17. The number of nitrogens with one attached hydrogen (secondary N) is 1. The Morgan fingerprint density at radius 1 is 1.26 bits per heavy atom. The maximum Gasteiger partial charge on any atom is 0.273 e. The van der Waals surface area contributed by atoms with E-state index in [0.29, 0.717) is 18.2 Å². The van der Waals surface area contributed by atoms with Crippen molar-refractivity contribution in [2.45, 2.75) is 10.8 Å². The summed E-state index contributed by atoms with van der Waals surface area (Å²) < 4.78 is 75.9. The third-order valence-corrected chi connectivity index (χ3v) is 3.42. The van der Waals surface area contributed by atoms with Gasteiger partial charge in [-0.1, -0.05) is 0 Å². The van der Waals surface area contributed by atoms with Crippen LogP contribution in [0.25, 0.3) is 0 Å². The highest BCUT2D eigenvalue weighted by Gasteiger charge is 2.30. The Hall–Kier alpha value is -0.900. The Kier molecular flexibility index (Phi) is 6.20. The minimum atomic E-state index is -4.56. The number of benzene rings is 1. The van der Waals surface area contributed by atoms with E-state index in [1.54, 1.807) is 0 Å². The van der Waals surface area contributed by atoms with Crippen LogP contribution in [0.5, 0.6) is 0 Å². The van der Waals surface area contributed by atoms with Crippen molar-refractivity contribution in [3.05, 3.63) is 29.8 Å². The molecule has 0 amide bonds. The number of halogens is 5. The lowest BCUT2D eigenvalue weighted by Crippen LogP contribution is -2.41. The molecule has 110 valence electrons. The summed E-state index contributed by atoms with van der Waals surface area (Å²) in [6, 6.07) is 1.70. The van der Waals surface area contributed by atoms with Gasteiger partial charge in [0.05, 0.1) is 13.1 Å². The number of rotatable bonds is 5. The van der Waals surface area contributed by atoms with Gasteiger partial charge in [0.1, 0.15) is 16.5 Å². The van der Waals surface area contributed by atoms with Crippen LogP contribution in [0.3, 0.4) is 0 Å². The van der Waals surface area contributed by atoms with Crippen LogP contribution in [0.2, 0.25) is 0 Å². The molecule has 10 heteroatoms.